The maximum absolute atomic E-state index is 11.0. The minimum Gasteiger partial charge on any atom is -0.496 e. The monoisotopic (exact) mass is 269 g/mol. The van der Waals surface area contributed by atoms with Crippen LogP contribution in [0.3, 0.4) is 0 Å². The Morgan fingerprint density at radius 1 is 1.15 bits per heavy atom. The first-order valence-corrected chi connectivity index (χ1v) is 6.51. The number of nitrogens with zero attached hydrogens (tertiary/aromatic N) is 1. The normalized spacial score (nSPS) is 10.6. The van der Waals surface area contributed by atoms with E-state index in [4.69, 9.17) is 4.74 Å². The second kappa shape index (κ2) is 6.35. The van der Waals surface area contributed by atoms with Crippen molar-refractivity contribution in [2.75, 3.05) is 21.2 Å². The minimum absolute atomic E-state index is 0.652. The minimum atomic E-state index is 0.652. The molecule has 3 nitrogen and oxygen atoms in total. The number of benzene rings is 2. The highest BCUT2D eigenvalue weighted by Gasteiger charge is 2.08. The third kappa shape index (κ3) is 3.25. The molecule has 0 heterocycles. The van der Waals surface area contributed by atoms with Crippen LogP contribution in [0, 0.1) is 0 Å². The third-order valence-electron chi connectivity index (χ3n) is 3.10. The molecule has 0 N–H and O–H groups in total. The first kappa shape index (κ1) is 14.3. The lowest BCUT2D eigenvalue weighted by molar-refractivity contribution is 0.112. The van der Waals surface area contributed by atoms with Gasteiger partial charge in [-0.1, -0.05) is 18.2 Å². The van der Waals surface area contributed by atoms with Gasteiger partial charge in [-0.15, -0.1) is 0 Å². The molecule has 2 aromatic rings. The second-order valence-corrected chi connectivity index (χ2v) is 5.02. The Bertz CT molecular complexity index is 606. The zero-order valence-corrected chi connectivity index (χ0v) is 12.1. The average Bonchev–Trinajstić information content (AvgIpc) is 2.46. The van der Waals surface area contributed by atoms with Gasteiger partial charge in [-0.05, 0) is 49.5 Å². The number of hydrogen-bond acceptors (Lipinski definition) is 3. The maximum atomic E-state index is 11.0. The fourth-order valence-electron chi connectivity index (χ4n) is 2.23. The number of ether oxygens (including phenoxy) is 1. The van der Waals surface area contributed by atoms with Crippen LogP contribution in [0.1, 0.15) is 15.9 Å². The maximum Gasteiger partial charge on any atom is 0.150 e. The molecule has 0 saturated carbocycles. The van der Waals surface area contributed by atoms with E-state index >= 15 is 0 Å². The zero-order valence-electron chi connectivity index (χ0n) is 12.1. The van der Waals surface area contributed by atoms with Crippen LogP contribution in [0.4, 0.5) is 0 Å². The molecular weight excluding hydrogens is 250 g/mol. The molecule has 0 aliphatic carbocycles. The van der Waals surface area contributed by atoms with E-state index in [9.17, 15) is 4.79 Å². The molecule has 2 rings (SSSR count). The molecule has 0 amide bonds. The van der Waals surface area contributed by atoms with Crippen molar-refractivity contribution in [1.82, 2.24) is 4.90 Å². The van der Waals surface area contributed by atoms with E-state index in [1.54, 1.807) is 13.2 Å². The van der Waals surface area contributed by atoms with E-state index in [1.165, 1.54) is 5.56 Å². The molecule has 0 spiro atoms. The number of hydrogen-bond donors (Lipinski definition) is 0. The highest BCUT2D eigenvalue weighted by Crippen LogP contribution is 2.31. The van der Waals surface area contributed by atoms with Crippen LogP contribution in [-0.4, -0.2) is 32.4 Å². The third-order valence-corrected chi connectivity index (χ3v) is 3.10. The first-order chi connectivity index (χ1) is 9.63. The van der Waals surface area contributed by atoms with Crippen LogP contribution < -0.4 is 4.74 Å². The molecule has 0 aliphatic rings. The van der Waals surface area contributed by atoms with Gasteiger partial charge >= 0.3 is 0 Å². The van der Waals surface area contributed by atoms with Gasteiger partial charge in [0.2, 0.25) is 0 Å². The lowest BCUT2D eigenvalue weighted by Crippen LogP contribution is -2.10. The number of carbonyl (C=O) groups is 1. The highest BCUT2D eigenvalue weighted by molar-refractivity contribution is 5.81. The lowest BCUT2D eigenvalue weighted by Gasteiger charge is -2.13. The fourth-order valence-corrected chi connectivity index (χ4v) is 2.23. The predicted octanol–water partition coefficient (Wildman–Crippen LogP) is 3.24. The van der Waals surface area contributed by atoms with Gasteiger partial charge in [0.1, 0.15) is 12.0 Å². The summed E-state index contributed by atoms with van der Waals surface area (Å²) in [5.74, 6) is 0.776. The van der Waals surface area contributed by atoms with Crippen molar-refractivity contribution in [2.24, 2.45) is 0 Å². The molecule has 0 radical (unpaired) electrons. The Balaban J connectivity index is 2.46. The van der Waals surface area contributed by atoms with Gasteiger partial charge < -0.3 is 9.64 Å². The van der Waals surface area contributed by atoms with Crippen LogP contribution in [0.2, 0.25) is 0 Å². The number of aldehydes is 1. The molecule has 0 unspecified atom stereocenters. The molecule has 0 aliphatic heterocycles. The van der Waals surface area contributed by atoms with Crippen molar-refractivity contribution in [2.45, 2.75) is 6.54 Å². The van der Waals surface area contributed by atoms with Crippen molar-refractivity contribution in [3.05, 3.63) is 53.6 Å². The summed E-state index contributed by atoms with van der Waals surface area (Å²) in [6.45, 7) is 0.878. The summed E-state index contributed by atoms with van der Waals surface area (Å²) >= 11 is 0. The quantitative estimate of drug-likeness (QED) is 0.780. The SMILES string of the molecule is COc1ccc(C=O)cc1-c1cccc(CN(C)C)c1. The lowest BCUT2D eigenvalue weighted by atomic mass is 10.00. The van der Waals surface area contributed by atoms with Crippen molar-refractivity contribution in [3.8, 4) is 16.9 Å². The van der Waals surface area contributed by atoms with Gasteiger partial charge in [0.25, 0.3) is 0 Å². The van der Waals surface area contributed by atoms with Gasteiger partial charge in [0, 0.05) is 17.7 Å². The summed E-state index contributed by atoms with van der Waals surface area (Å²) in [4.78, 5) is 13.1. The second-order valence-electron chi connectivity index (χ2n) is 5.02. The van der Waals surface area contributed by atoms with E-state index < -0.39 is 0 Å². The summed E-state index contributed by atoms with van der Waals surface area (Å²) in [6.07, 6.45) is 0.854. The molecule has 104 valence electrons. The fraction of sp³-hybridized carbons (Fsp3) is 0.235. The smallest absolute Gasteiger partial charge is 0.150 e. The molecule has 0 aromatic heterocycles. The molecule has 20 heavy (non-hydrogen) atoms. The average molecular weight is 269 g/mol. The molecule has 3 heteroatoms. The first-order valence-electron chi connectivity index (χ1n) is 6.51. The Morgan fingerprint density at radius 3 is 2.60 bits per heavy atom. The van der Waals surface area contributed by atoms with Gasteiger partial charge in [0.05, 0.1) is 7.11 Å². The van der Waals surface area contributed by atoms with E-state index in [2.05, 4.69) is 17.0 Å². The van der Waals surface area contributed by atoms with Crippen LogP contribution in [-0.2, 0) is 6.54 Å². The van der Waals surface area contributed by atoms with E-state index in [0.717, 1.165) is 29.7 Å². The summed E-state index contributed by atoms with van der Waals surface area (Å²) in [5.41, 5.74) is 3.88. The van der Waals surface area contributed by atoms with Crippen LogP contribution >= 0.6 is 0 Å². The topological polar surface area (TPSA) is 29.5 Å². The molecule has 0 saturated heterocycles. The standard InChI is InChI=1S/C17H19NO2/c1-18(2)11-13-5-4-6-15(9-13)16-10-14(12-19)7-8-17(16)20-3/h4-10,12H,11H2,1-3H3. The van der Waals surface area contributed by atoms with Crippen molar-refractivity contribution in [3.63, 3.8) is 0 Å². The Labute approximate surface area is 119 Å². The van der Waals surface area contributed by atoms with Crippen LogP contribution in [0.5, 0.6) is 5.75 Å². The molecule has 0 bridgehead atoms. The summed E-state index contributed by atoms with van der Waals surface area (Å²) in [7, 11) is 5.73. The van der Waals surface area contributed by atoms with Crippen molar-refractivity contribution >= 4 is 6.29 Å². The van der Waals surface area contributed by atoms with E-state index in [1.807, 2.05) is 38.4 Å². The van der Waals surface area contributed by atoms with Gasteiger partial charge in [-0.3, -0.25) is 4.79 Å². The van der Waals surface area contributed by atoms with Crippen molar-refractivity contribution < 1.29 is 9.53 Å². The number of rotatable bonds is 5. The van der Waals surface area contributed by atoms with Gasteiger partial charge in [-0.2, -0.15) is 0 Å². The van der Waals surface area contributed by atoms with Crippen LogP contribution in [0.15, 0.2) is 42.5 Å². The van der Waals surface area contributed by atoms with Gasteiger partial charge in [-0.25, -0.2) is 0 Å². The number of methoxy groups -OCH3 is 1. The largest absolute Gasteiger partial charge is 0.496 e. The van der Waals surface area contributed by atoms with E-state index in [-0.39, 0.29) is 0 Å². The Kier molecular flexibility index (Phi) is 4.53. The summed E-state index contributed by atoms with van der Waals surface area (Å²) < 4.78 is 5.39. The summed E-state index contributed by atoms with van der Waals surface area (Å²) in [6, 6.07) is 13.7. The van der Waals surface area contributed by atoms with Crippen molar-refractivity contribution in [1.29, 1.82) is 0 Å². The summed E-state index contributed by atoms with van der Waals surface area (Å²) in [5, 5.41) is 0. The van der Waals surface area contributed by atoms with E-state index in [0.29, 0.717) is 5.56 Å². The Morgan fingerprint density at radius 2 is 1.95 bits per heavy atom. The molecule has 0 fully saturated rings. The zero-order chi connectivity index (χ0) is 14.5. The number of carbonyl (C=O) groups excluding carboxylic acids is 1. The molecular formula is C17H19NO2. The van der Waals surface area contributed by atoms with Gasteiger partial charge in [0.15, 0.2) is 0 Å². The predicted molar refractivity (Wildman–Crippen MR) is 81.2 cm³/mol. The molecule has 2 aromatic carbocycles. The molecule has 0 atom stereocenters. The van der Waals surface area contributed by atoms with Crippen LogP contribution in [0.25, 0.3) is 11.1 Å². The Hall–Kier alpha value is -2.13. The highest BCUT2D eigenvalue weighted by atomic mass is 16.5.